The molecule has 0 unspecified atom stereocenters. The van der Waals surface area contributed by atoms with Crippen LogP contribution in [0.25, 0.3) is 0 Å². The van der Waals surface area contributed by atoms with Gasteiger partial charge in [0.25, 0.3) is 6.10 Å². The number of ether oxygens (including phenoxy) is 3. The predicted molar refractivity (Wildman–Crippen MR) is 108 cm³/mol. The largest absolute Gasteiger partial charge is 0.463 e. The van der Waals surface area contributed by atoms with Crippen LogP contribution in [0.4, 0.5) is 31.1 Å². The highest BCUT2D eigenvalue weighted by Crippen LogP contribution is 2.36. The second kappa shape index (κ2) is 10.8. The van der Waals surface area contributed by atoms with Crippen LogP contribution in [0.5, 0.6) is 0 Å². The number of nitrogens with zero attached hydrogens (tertiary/aromatic N) is 2. The van der Waals surface area contributed by atoms with Gasteiger partial charge in [-0.25, -0.2) is 17.5 Å². The number of halogens is 6. The molecule has 1 saturated heterocycles. The molecule has 3 rings (SSSR count). The molecule has 0 spiro atoms. The van der Waals surface area contributed by atoms with Crippen molar-refractivity contribution in [1.29, 1.82) is 0 Å². The number of hydrogen-bond acceptors (Lipinski definition) is 6. The number of carbonyl (C=O) groups excluding carboxylic acids is 1. The van der Waals surface area contributed by atoms with Crippen molar-refractivity contribution >= 4 is 17.0 Å². The minimum absolute atomic E-state index is 0.0866. The number of allylic oxidation sites excluding steroid dienone is 4. The highest BCUT2D eigenvalue weighted by atomic mass is 32.2. The van der Waals surface area contributed by atoms with E-state index in [1.807, 2.05) is 12.2 Å². The molecule has 1 aliphatic carbocycles. The Kier molecular flexibility index (Phi) is 8.28. The van der Waals surface area contributed by atoms with Crippen molar-refractivity contribution < 1.29 is 53.8 Å². The summed E-state index contributed by atoms with van der Waals surface area (Å²) in [6, 6.07) is 0. The van der Waals surface area contributed by atoms with Gasteiger partial charge in [-0.2, -0.15) is 26.3 Å². The zero-order valence-corrected chi connectivity index (χ0v) is 18.9. The van der Waals surface area contributed by atoms with Crippen molar-refractivity contribution in [2.75, 3.05) is 19.6 Å². The summed E-state index contributed by atoms with van der Waals surface area (Å²) in [6.07, 6.45) is -7.87. The maximum Gasteiger partial charge on any atom is 0.434 e. The lowest BCUT2D eigenvalue weighted by molar-refractivity contribution is -0.308. The molecule has 0 radical (unpaired) electrons. The molecule has 3 aliphatic rings. The summed E-state index contributed by atoms with van der Waals surface area (Å²) in [4.78, 5) is 12.6. The second-order valence-electron chi connectivity index (χ2n) is 7.93. The summed E-state index contributed by atoms with van der Waals surface area (Å²) in [5, 5.41) is 0. The molecule has 8 nitrogen and oxygen atoms in total. The Morgan fingerprint density at radius 1 is 1.14 bits per heavy atom. The molecule has 2 aliphatic heterocycles. The molecule has 35 heavy (non-hydrogen) atoms. The van der Waals surface area contributed by atoms with Crippen LogP contribution in [-0.2, 0) is 25.1 Å². The van der Waals surface area contributed by atoms with E-state index >= 15 is 0 Å². The zero-order valence-electron chi connectivity index (χ0n) is 18.1. The van der Waals surface area contributed by atoms with Crippen molar-refractivity contribution in [2.45, 2.75) is 44.1 Å². The number of piperidine rings is 1. The Morgan fingerprint density at radius 3 is 2.34 bits per heavy atom. The van der Waals surface area contributed by atoms with E-state index < -0.39 is 35.4 Å². The Labute approximate surface area is 198 Å². The maximum atomic E-state index is 12.6. The molecule has 0 aromatic heterocycles. The van der Waals surface area contributed by atoms with Gasteiger partial charge in [-0.15, -0.1) is 0 Å². The Morgan fingerprint density at radius 2 is 1.80 bits per heavy atom. The minimum atomic E-state index is -5.81. The van der Waals surface area contributed by atoms with E-state index in [1.165, 1.54) is 6.26 Å². The van der Waals surface area contributed by atoms with Crippen LogP contribution in [0.1, 0.15) is 25.7 Å². The number of carbonyl (C=O) groups is 1. The lowest BCUT2D eigenvalue weighted by Crippen LogP contribution is -2.49. The number of hydrogen-bond donors (Lipinski definition) is 1. The van der Waals surface area contributed by atoms with Gasteiger partial charge in [0, 0.05) is 19.6 Å². The van der Waals surface area contributed by atoms with Crippen LogP contribution >= 0.6 is 0 Å². The molecule has 0 aromatic carbocycles. The van der Waals surface area contributed by atoms with Crippen LogP contribution in [-0.4, -0.2) is 61.8 Å². The summed E-state index contributed by atoms with van der Waals surface area (Å²) in [7, 11) is -3.17. The number of alkyl halides is 6. The van der Waals surface area contributed by atoms with Gasteiger partial charge in [0.2, 0.25) is 16.8 Å². The quantitative estimate of drug-likeness (QED) is 0.409. The minimum Gasteiger partial charge on any atom is -0.463 e. The Balaban J connectivity index is 1.57. The van der Waals surface area contributed by atoms with E-state index in [1.54, 1.807) is 6.08 Å². The molecular formula is C20H22F6N2O6S. The van der Waals surface area contributed by atoms with Crippen LogP contribution < -0.4 is 0 Å². The monoisotopic (exact) mass is 532 g/mol. The molecule has 1 fully saturated rings. The van der Waals surface area contributed by atoms with Crippen molar-refractivity contribution in [2.24, 2.45) is 5.92 Å². The predicted octanol–water partition coefficient (Wildman–Crippen LogP) is 4.12. The van der Waals surface area contributed by atoms with Gasteiger partial charge in [-0.05, 0) is 37.2 Å². The van der Waals surface area contributed by atoms with Crippen molar-refractivity contribution in [3.05, 3.63) is 48.0 Å². The van der Waals surface area contributed by atoms with Gasteiger partial charge >= 0.3 is 18.4 Å². The molecule has 2 heterocycles. The topological polar surface area (TPSA) is 85.4 Å². The van der Waals surface area contributed by atoms with E-state index in [2.05, 4.69) is 4.74 Å². The van der Waals surface area contributed by atoms with Gasteiger partial charge in [-0.1, -0.05) is 18.2 Å². The molecular weight excluding hydrogens is 510 g/mol. The molecule has 0 N–H and O–H groups in total. The standard InChI is InChI=1S/C20H22F6N2O6S/c21-19(22,23)17(20(24,25)26)34-18(29)27-8-6-13(7-9-27)10-28(35(30)31)16-12-32-11-15(33-16)14-4-2-1-3-5-14/h1-2,4,11-13,17,35H,3,5-10H2. The van der Waals surface area contributed by atoms with E-state index in [9.17, 15) is 39.6 Å². The summed E-state index contributed by atoms with van der Waals surface area (Å²) < 4.78 is 115. The summed E-state index contributed by atoms with van der Waals surface area (Å²) in [5.74, 6) is -0.104. The third-order valence-corrected chi connectivity index (χ3v) is 6.21. The van der Waals surface area contributed by atoms with Crippen LogP contribution in [0.3, 0.4) is 0 Å². The molecule has 0 bridgehead atoms. The summed E-state index contributed by atoms with van der Waals surface area (Å²) >= 11 is 0. The first-order chi connectivity index (χ1) is 16.4. The molecule has 0 aromatic rings. The van der Waals surface area contributed by atoms with Crippen LogP contribution in [0.15, 0.2) is 48.0 Å². The van der Waals surface area contributed by atoms with E-state index in [4.69, 9.17) is 9.47 Å². The fourth-order valence-corrected chi connectivity index (χ4v) is 4.27. The third-order valence-electron chi connectivity index (χ3n) is 5.46. The van der Waals surface area contributed by atoms with Gasteiger partial charge in [0.15, 0.2) is 12.0 Å². The Hall–Kier alpha value is -2.84. The highest BCUT2D eigenvalue weighted by molar-refractivity contribution is 7.70. The first-order valence-corrected chi connectivity index (χ1v) is 11.6. The third kappa shape index (κ3) is 7.08. The van der Waals surface area contributed by atoms with E-state index in [0.717, 1.165) is 27.5 Å². The smallest absolute Gasteiger partial charge is 0.434 e. The van der Waals surface area contributed by atoms with E-state index in [-0.39, 0.29) is 44.3 Å². The number of rotatable bonds is 6. The number of amides is 1. The summed E-state index contributed by atoms with van der Waals surface area (Å²) in [6.45, 7) is -0.511. The summed E-state index contributed by atoms with van der Waals surface area (Å²) in [5.41, 5.74) is 0.807. The average Bonchev–Trinajstić information content (AvgIpc) is 2.80. The lowest BCUT2D eigenvalue weighted by Gasteiger charge is -2.34. The molecule has 1 amide bonds. The normalized spacial score (nSPS) is 19.5. The molecule has 196 valence electrons. The van der Waals surface area contributed by atoms with Gasteiger partial charge < -0.3 is 19.1 Å². The van der Waals surface area contributed by atoms with Crippen LogP contribution in [0, 0.1) is 5.92 Å². The number of likely N-dealkylation sites (tertiary alicyclic amines) is 1. The zero-order chi connectivity index (χ0) is 25.8. The van der Waals surface area contributed by atoms with Gasteiger partial charge in [0.1, 0.15) is 6.26 Å². The van der Waals surface area contributed by atoms with Crippen LogP contribution in [0.2, 0.25) is 0 Å². The van der Waals surface area contributed by atoms with Gasteiger partial charge in [-0.3, -0.25) is 0 Å². The molecule has 15 heteroatoms. The first-order valence-electron chi connectivity index (χ1n) is 10.5. The van der Waals surface area contributed by atoms with Crippen molar-refractivity contribution in [1.82, 2.24) is 9.21 Å². The fourth-order valence-electron chi connectivity index (χ4n) is 3.65. The van der Waals surface area contributed by atoms with Gasteiger partial charge in [0.05, 0.1) is 0 Å². The van der Waals surface area contributed by atoms with Crippen molar-refractivity contribution in [3.8, 4) is 0 Å². The molecule has 0 atom stereocenters. The lowest BCUT2D eigenvalue weighted by atomic mass is 9.97. The first kappa shape index (κ1) is 26.8. The second-order valence-corrected chi connectivity index (χ2v) is 8.89. The fraction of sp³-hybridized carbons (Fsp3) is 0.550. The number of thiol groups is 1. The molecule has 0 saturated carbocycles. The SMILES string of the molecule is O=C(OC(C(F)(F)F)C(F)(F)F)N1CCC(CN(C2=COC=C(C3=CC=CCC3)O2)[SH](=O)=O)CC1. The average molecular weight is 532 g/mol. The van der Waals surface area contributed by atoms with Crippen molar-refractivity contribution in [3.63, 3.8) is 0 Å². The maximum absolute atomic E-state index is 12.6. The highest BCUT2D eigenvalue weighted by Gasteiger charge is 2.60. The Bertz CT molecular complexity index is 971. The van der Waals surface area contributed by atoms with E-state index in [0.29, 0.717) is 12.2 Å².